The first-order chi connectivity index (χ1) is 17.3. The van der Waals surface area contributed by atoms with Gasteiger partial charge in [-0.3, -0.25) is 14.5 Å². The lowest BCUT2D eigenvalue weighted by atomic mass is 10.1. The van der Waals surface area contributed by atoms with E-state index in [1.54, 1.807) is 0 Å². The first-order valence-corrected chi connectivity index (χ1v) is 13.5. The predicted molar refractivity (Wildman–Crippen MR) is 152 cm³/mol. The van der Waals surface area contributed by atoms with Crippen molar-refractivity contribution in [1.29, 1.82) is 0 Å². The molecule has 198 valence electrons. The molecule has 0 fully saturated rings. The van der Waals surface area contributed by atoms with Crippen molar-refractivity contribution in [2.24, 2.45) is 0 Å². The standard InChI is InChI=1S/C30H46N4O2/c1-6-34(22-28(36)33-30-25(4)17-14-18-26(30)5)20-12-10-8-7-9-11-19-31-21-27(35)32-29-23(2)15-13-16-24(29)3/h13-18,31H,6-12,19-22H2,1-5H3,(H,32,35)(H,33,36). The quantitative estimate of drug-likeness (QED) is 0.260. The zero-order valence-electron chi connectivity index (χ0n) is 23.0. The van der Waals surface area contributed by atoms with E-state index in [0.717, 1.165) is 66.1 Å². The molecule has 0 spiro atoms. The molecule has 0 aliphatic carbocycles. The monoisotopic (exact) mass is 494 g/mol. The van der Waals surface area contributed by atoms with Crippen molar-refractivity contribution >= 4 is 23.2 Å². The topological polar surface area (TPSA) is 73.5 Å². The summed E-state index contributed by atoms with van der Waals surface area (Å²) in [6, 6.07) is 12.1. The SMILES string of the molecule is CCN(CCCCCCCCNCC(=O)Nc1c(C)cccc1C)CC(=O)Nc1c(C)cccc1C. The first-order valence-electron chi connectivity index (χ1n) is 13.5. The van der Waals surface area contributed by atoms with Crippen molar-refractivity contribution in [2.45, 2.75) is 73.1 Å². The average Bonchev–Trinajstić information content (AvgIpc) is 2.84. The molecule has 0 saturated carbocycles. The molecule has 0 heterocycles. The highest BCUT2D eigenvalue weighted by Crippen LogP contribution is 2.20. The lowest BCUT2D eigenvalue weighted by Gasteiger charge is -2.20. The van der Waals surface area contributed by atoms with Gasteiger partial charge in [0.15, 0.2) is 0 Å². The third-order valence-corrected chi connectivity index (χ3v) is 6.67. The fourth-order valence-corrected chi connectivity index (χ4v) is 4.43. The van der Waals surface area contributed by atoms with Crippen molar-refractivity contribution in [2.75, 3.05) is 43.4 Å². The number of carbonyl (C=O) groups is 2. The van der Waals surface area contributed by atoms with Crippen LogP contribution in [0.1, 0.15) is 67.7 Å². The van der Waals surface area contributed by atoms with Gasteiger partial charge >= 0.3 is 0 Å². The van der Waals surface area contributed by atoms with E-state index in [4.69, 9.17) is 0 Å². The molecule has 2 amide bonds. The number of para-hydroxylation sites is 2. The Morgan fingerprint density at radius 1 is 0.694 bits per heavy atom. The van der Waals surface area contributed by atoms with Crippen molar-refractivity contribution in [3.05, 3.63) is 58.7 Å². The second-order valence-electron chi connectivity index (χ2n) is 9.80. The largest absolute Gasteiger partial charge is 0.324 e. The molecule has 0 aliphatic heterocycles. The lowest BCUT2D eigenvalue weighted by Crippen LogP contribution is -2.34. The van der Waals surface area contributed by atoms with Crippen LogP contribution in [0.4, 0.5) is 11.4 Å². The van der Waals surface area contributed by atoms with Gasteiger partial charge in [-0.05, 0) is 82.4 Å². The molecule has 0 aliphatic rings. The highest BCUT2D eigenvalue weighted by molar-refractivity contribution is 5.94. The molecule has 0 aromatic heterocycles. The van der Waals surface area contributed by atoms with Crippen LogP contribution < -0.4 is 16.0 Å². The molecule has 0 bridgehead atoms. The average molecular weight is 495 g/mol. The van der Waals surface area contributed by atoms with Gasteiger partial charge in [0.05, 0.1) is 13.1 Å². The van der Waals surface area contributed by atoms with Crippen LogP contribution in [-0.2, 0) is 9.59 Å². The van der Waals surface area contributed by atoms with Crippen molar-refractivity contribution in [3.63, 3.8) is 0 Å². The number of carbonyl (C=O) groups excluding carboxylic acids is 2. The van der Waals surface area contributed by atoms with E-state index in [1.165, 1.54) is 25.7 Å². The number of nitrogens with zero attached hydrogens (tertiary/aromatic N) is 1. The van der Waals surface area contributed by atoms with E-state index in [-0.39, 0.29) is 11.8 Å². The Balaban J connectivity index is 1.50. The summed E-state index contributed by atoms with van der Waals surface area (Å²) in [7, 11) is 0. The molecule has 0 radical (unpaired) electrons. The Labute approximate surface area is 218 Å². The Morgan fingerprint density at radius 3 is 1.69 bits per heavy atom. The Morgan fingerprint density at radius 2 is 1.17 bits per heavy atom. The number of hydrogen-bond donors (Lipinski definition) is 3. The van der Waals surface area contributed by atoms with Gasteiger partial charge < -0.3 is 16.0 Å². The van der Waals surface area contributed by atoms with Gasteiger partial charge in [-0.25, -0.2) is 0 Å². The van der Waals surface area contributed by atoms with E-state index >= 15 is 0 Å². The number of benzene rings is 2. The Bertz CT molecular complexity index is 933. The number of anilines is 2. The third kappa shape index (κ3) is 10.5. The van der Waals surface area contributed by atoms with Crippen molar-refractivity contribution < 1.29 is 9.59 Å². The summed E-state index contributed by atoms with van der Waals surface area (Å²) in [5.41, 5.74) is 6.24. The van der Waals surface area contributed by atoms with E-state index in [1.807, 2.05) is 64.1 Å². The van der Waals surface area contributed by atoms with Crippen LogP contribution >= 0.6 is 0 Å². The fraction of sp³-hybridized carbons (Fsp3) is 0.533. The number of likely N-dealkylation sites (N-methyl/N-ethyl adjacent to an activating group) is 1. The second kappa shape index (κ2) is 16.1. The van der Waals surface area contributed by atoms with Crippen molar-refractivity contribution in [3.8, 4) is 0 Å². The fourth-order valence-electron chi connectivity index (χ4n) is 4.43. The van der Waals surface area contributed by atoms with E-state index in [9.17, 15) is 9.59 Å². The number of amides is 2. The minimum atomic E-state index is 0.00981. The van der Waals surface area contributed by atoms with Gasteiger partial charge in [-0.1, -0.05) is 69.0 Å². The number of hydrogen-bond acceptors (Lipinski definition) is 4. The molecule has 6 nitrogen and oxygen atoms in total. The van der Waals surface area contributed by atoms with Crippen LogP contribution in [0.5, 0.6) is 0 Å². The molecule has 0 saturated heterocycles. The lowest BCUT2D eigenvalue weighted by molar-refractivity contribution is -0.117. The number of nitrogens with one attached hydrogen (secondary N) is 3. The van der Waals surface area contributed by atoms with E-state index in [2.05, 4.69) is 27.8 Å². The minimum Gasteiger partial charge on any atom is -0.324 e. The molecular weight excluding hydrogens is 448 g/mol. The Hall–Kier alpha value is -2.70. The first kappa shape index (κ1) is 29.5. The van der Waals surface area contributed by atoms with Crippen LogP contribution in [0.15, 0.2) is 36.4 Å². The molecule has 2 rings (SSSR count). The highest BCUT2D eigenvalue weighted by Gasteiger charge is 2.11. The van der Waals surface area contributed by atoms with Crippen LogP contribution in [0, 0.1) is 27.7 Å². The molecule has 0 unspecified atom stereocenters. The maximum absolute atomic E-state index is 12.5. The van der Waals surface area contributed by atoms with Crippen LogP contribution in [0.2, 0.25) is 0 Å². The maximum atomic E-state index is 12.5. The smallest absolute Gasteiger partial charge is 0.238 e. The summed E-state index contributed by atoms with van der Waals surface area (Å²) in [6.45, 7) is 13.7. The minimum absolute atomic E-state index is 0.00981. The van der Waals surface area contributed by atoms with Crippen LogP contribution in [0.3, 0.4) is 0 Å². The highest BCUT2D eigenvalue weighted by atomic mass is 16.2. The summed E-state index contributed by atoms with van der Waals surface area (Å²) in [6.07, 6.45) is 6.95. The van der Waals surface area contributed by atoms with Gasteiger partial charge in [0.25, 0.3) is 0 Å². The van der Waals surface area contributed by atoms with Crippen LogP contribution in [0.25, 0.3) is 0 Å². The van der Waals surface area contributed by atoms with Gasteiger partial charge in [-0.15, -0.1) is 0 Å². The van der Waals surface area contributed by atoms with Gasteiger partial charge in [0.2, 0.25) is 11.8 Å². The van der Waals surface area contributed by atoms with E-state index in [0.29, 0.717) is 13.1 Å². The number of unbranched alkanes of at least 4 members (excludes halogenated alkanes) is 5. The van der Waals surface area contributed by atoms with Gasteiger partial charge in [-0.2, -0.15) is 0 Å². The maximum Gasteiger partial charge on any atom is 0.238 e. The molecule has 0 atom stereocenters. The summed E-state index contributed by atoms with van der Waals surface area (Å²) in [5, 5.41) is 9.36. The molecule has 2 aromatic rings. The molecular formula is C30H46N4O2. The zero-order valence-corrected chi connectivity index (χ0v) is 23.0. The number of aryl methyl sites for hydroxylation is 4. The summed E-state index contributed by atoms with van der Waals surface area (Å²) < 4.78 is 0. The zero-order chi connectivity index (χ0) is 26.3. The molecule has 3 N–H and O–H groups in total. The molecule has 6 heteroatoms. The summed E-state index contributed by atoms with van der Waals surface area (Å²) >= 11 is 0. The normalized spacial score (nSPS) is 11.1. The van der Waals surface area contributed by atoms with Crippen LogP contribution in [-0.4, -0.2) is 49.4 Å². The number of rotatable bonds is 16. The summed E-state index contributed by atoms with van der Waals surface area (Å²) in [4.78, 5) is 26.9. The second-order valence-corrected chi connectivity index (χ2v) is 9.80. The third-order valence-electron chi connectivity index (χ3n) is 6.67. The Kier molecular flexibility index (Phi) is 13.2. The van der Waals surface area contributed by atoms with Crippen molar-refractivity contribution in [1.82, 2.24) is 10.2 Å². The molecule has 2 aromatic carbocycles. The molecule has 36 heavy (non-hydrogen) atoms. The summed E-state index contributed by atoms with van der Waals surface area (Å²) in [5.74, 6) is 0.0695. The van der Waals surface area contributed by atoms with E-state index < -0.39 is 0 Å². The van der Waals surface area contributed by atoms with Gasteiger partial charge in [0.1, 0.15) is 0 Å². The predicted octanol–water partition coefficient (Wildman–Crippen LogP) is 5.75. The van der Waals surface area contributed by atoms with Gasteiger partial charge in [0, 0.05) is 11.4 Å².